The van der Waals surface area contributed by atoms with Crippen molar-refractivity contribution in [1.29, 1.82) is 0 Å². The minimum atomic E-state index is -0.610. The van der Waals surface area contributed by atoms with Gasteiger partial charge in [0.15, 0.2) is 0 Å². The Kier molecular flexibility index (Phi) is 4.65. The number of methoxy groups -OCH3 is 1. The van der Waals surface area contributed by atoms with Crippen molar-refractivity contribution in [3.63, 3.8) is 0 Å². The highest BCUT2D eigenvalue weighted by Crippen LogP contribution is 2.32. The lowest BCUT2D eigenvalue weighted by atomic mass is 9.80. The third kappa shape index (κ3) is 3.12. The van der Waals surface area contributed by atoms with E-state index in [-0.39, 0.29) is 12.1 Å². The molecule has 1 aromatic rings. The second-order valence-corrected chi connectivity index (χ2v) is 5.48. The van der Waals surface area contributed by atoms with E-state index in [0.717, 1.165) is 25.0 Å². The van der Waals surface area contributed by atoms with Crippen molar-refractivity contribution in [3.05, 3.63) is 29.8 Å². The lowest BCUT2D eigenvalue weighted by Crippen LogP contribution is -2.55. The molecule has 1 aliphatic carbocycles. The summed E-state index contributed by atoms with van der Waals surface area (Å²) in [4.78, 5) is 12.0. The first-order valence-electron chi connectivity index (χ1n) is 7.10. The molecule has 0 bridgehead atoms. The number of nitrogens with one attached hydrogen (secondary N) is 1. The van der Waals surface area contributed by atoms with E-state index >= 15 is 0 Å². The third-order valence-corrected chi connectivity index (χ3v) is 4.05. The summed E-state index contributed by atoms with van der Waals surface area (Å²) in [5.41, 5.74) is 0.563. The molecule has 1 fully saturated rings. The topological polar surface area (TPSA) is 47.6 Å². The monoisotopic (exact) mass is 277 g/mol. The highest BCUT2D eigenvalue weighted by molar-refractivity contribution is 5.81. The Balaban J connectivity index is 2.08. The molecule has 2 unspecified atom stereocenters. The van der Waals surface area contributed by atoms with Crippen molar-refractivity contribution in [2.75, 3.05) is 14.2 Å². The number of esters is 1. The molecular formula is C16H23NO3. The zero-order valence-corrected chi connectivity index (χ0v) is 12.4. The van der Waals surface area contributed by atoms with Gasteiger partial charge in [-0.15, -0.1) is 0 Å². The quantitative estimate of drug-likeness (QED) is 0.859. The molecule has 0 heterocycles. The van der Waals surface area contributed by atoms with Crippen molar-refractivity contribution in [3.8, 4) is 5.75 Å². The van der Waals surface area contributed by atoms with E-state index in [9.17, 15) is 4.79 Å². The SMILES string of the molecule is CNC1(C(=O)OC)CCCC(Oc2cccc(C)c2)C1. The van der Waals surface area contributed by atoms with E-state index in [1.165, 1.54) is 12.7 Å². The van der Waals surface area contributed by atoms with E-state index in [2.05, 4.69) is 5.32 Å². The Morgan fingerprint density at radius 2 is 2.25 bits per heavy atom. The summed E-state index contributed by atoms with van der Waals surface area (Å²) in [6, 6.07) is 8.01. The molecule has 1 aromatic carbocycles. The highest BCUT2D eigenvalue weighted by atomic mass is 16.5. The minimum Gasteiger partial charge on any atom is -0.490 e. The van der Waals surface area contributed by atoms with Crippen LogP contribution in [0.1, 0.15) is 31.2 Å². The molecule has 1 saturated carbocycles. The van der Waals surface area contributed by atoms with Crippen LogP contribution >= 0.6 is 0 Å². The molecule has 0 amide bonds. The molecule has 0 spiro atoms. The van der Waals surface area contributed by atoms with Gasteiger partial charge in [0.05, 0.1) is 7.11 Å². The van der Waals surface area contributed by atoms with Crippen LogP contribution in [0.15, 0.2) is 24.3 Å². The molecule has 1 aliphatic rings. The molecule has 0 aliphatic heterocycles. The number of benzene rings is 1. The normalized spacial score (nSPS) is 26.1. The van der Waals surface area contributed by atoms with Crippen molar-refractivity contribution < 1.29 is 14.3 Å². The van der Waals surface area contributed by atoms with Gasteiger partial charge in [0.2, 0.25) is 0 Å². The van der Waals surface area contributed by atoms with Crippen LogP contribution in [-0.4, -0.2) is 31.8 Å². The Hall–Kier alpha value is -1.55. The fraction of sp³-hybridized carbons (Fsp3) is 0.562. The number of rotatable bonds is 4. The number of hydrogen-bond donors (Lipinski definition) is 1. The summed E-state index contributed by atoms with van der Waals surface area (Å²) in [7, 11) is 3.25. The van der Waals surface area contributed by atoms with E-state index < -0.39 is 5.54 Å². The molecule has 2 atom stereocenters. The molecule has 0 saturated heterocycles. The number of hydrogen-bond acceptors (Lipinski definition) is 4. The Labute approximate surface area is 120 Å². The zero-order chi connectivity index (χ0) is 14.6. The van der Waals surface area contributed by atoms with Crippen LogP contribution in [0.4, 0.5) is 0 Å². The molecule has 4 heteroatoms. The summed E-state index contributed by atoms with van der Waals surface area (Å²) in [5.74, 6) is 0.671. The first kappa shape index (κ1) is 14.9. The van der Waals surface area contributed by atoms with Crippen LogP contribution in [0.3, 0.4) is 0 Å². The minimum absolute atomic E-state index is 0.0390. The van der Waals surface area contributed by atoms with Crippen LogP contribution < -0.4 is 10.1 Å². The van der Waals surface area contributed by atoms with Crippen LogP contribution in [0.5, 0.6) is 5.75 Å². The molecule has 2 rings (SSSR count). The van der Waals surface area contributed by atoms with Gasteiger partial charge in [-0.2, -0.15) is 0 Å². The summed E-state index contributed by atoms with van der Waals surface area (Å²) in [5, 5.41) is 3.14. The van der Waals surface area contributed by atoms with Gasteiger partial charge in [-0.25, -0.2) is 0 Å². The number of carbonyl (C=O) groups is 1. The lowest BCUT2D eigenvalue weighted by Gasteiger charge is -2.38. The van der Waals surface area contributed by atoms with Crippen molar-refractivity contribution in [1.82, 2.24) is 5.32 Å². The predicted octanol–water partition coefficient (Wildman–Crippen LogP) is 2.45. The maximum atomic E-state index is 12.0. The lowest BCUT2D eigenvalue weighted by molar-refractivity contribution is -0.151. The third-order valence-electron chi connectivity index (χ3n) is 4.05. The maximum Gasteiger partial charge on any atom is 0.326 e. The summed E-state index contributed by atoms with van der Waals surface area (Å²) >= 11 is 0. The Morgan fingerprint density at radius 1 is 1.45 bits per heavy atom. The number of ether oxygens (including phenoxy) is 2. The summed E-state index contributed by atoms with van der Waals surface area (Å²) in [6.07, 6.45) is 3.39. The first-order chi connectivity index (χ1) is 9.59. The Bertz CT molecular complexity index is 475. The molecule has 0 radical (unpaired) electrons. The maximum absolute atomic E-state index is 12.0. The van der Waals surface area contributed by atoms with Gasteiger partial charge in [0, 0.05) is 6.42 Å². The molecule has 1 N–H and O–H groups in total. The second kappa shape index (κ2) is 6.27. The van der Waals surface area contributed by atoms with Gasteiger partial charge in [-0.1, -0.05) is 12.1 Å². The van der Waals surface area contributed by atoms with Crippen LogP contribution in [0, 0.1) is 6.92 Å². The second-order valence-electron chi connectivity index (χ2n) is 5.48. The van der Waals surface area contributed by atoms with Gasteiger partial charge in [-0.05, 0) is 50.9 Å². The standard InChI is InChI=1S/C16H23NO3/c1-12-6-4-7-13(10-12)20-14-8-5-9-16(11-14,17-2)15(18)19-3/h4,6-7,10,14,17H,5,8-9,11H2,1-3H3. The van der Waals surface area contributed by atoms with Gasteiger partial charge >= 0.3 is 5.97 Å². The van der Waals surface area contributed by atoms with Gasteiger partial charge in [0.25, 0.3) is 0 Å². The van der Waals surface area contributed by atoms with E-state index in [4.69, 9.17) is 9.47 Å². The van der Waals surface area contributed by atoms with Crippen molar-refractivity contribution >= 4 is 5.97 Å². The van der Waals surface area contributed by atoms with Gasteiger partial charge in [-0.3, -0.25) is 4.79 Å². The number of aryl methyl sites for hydroxylation is 1. The van der Waals surface area contributed by atoms with E-state index in [0.29, 0.717) is 6.42 Å². The highest BCUT2D eigenvalue weighted by Gasteiger charge is 2.43. The van der Waals surface area contributed by atoms with Crippen molar-refractivity contribution in [2.24, 2.45) is 0 Å². The van der Waals surface area contributed by atoms with Crippen LogP contribution in [0.25, 0.3) is 0 Å². The zero-order valence-electron chi connectivity index (χ0n) is 12.4. The summed E-state index contributed by atoms with van der Waals surface area (Å²) < 4.78 is 11.0. The Morgan fingerprint density at radius 3 is 2.90 bits per heavy atom. The fourth-order valence-electron chi connectivity index (χ4n) is 2.92. The average Bonchev–Trinajstić information content (AvgIpc) is 2.46. The molecule has 0 aromatic heterocycles. The number of likely N-dealkylation sites (N-methyl/N-ethyl adjacent to an activating group) is 1. The van der Waals surface area contributed by atoms with E-state index in [1.54, 1.807) is 0 Å². The smallest absolute Gasteiger partial charge is 0.326 e. The number of carbonyl (C=O) groups excluding carboxylic acids is 1. The van der Waals surface area contributed by atoms with Crippen LogP contribution in [0.2, 0.25) is 0 Å². The molecule has 20 heavy (non-hydrogen) atoms. The first-order valence-corrected chi connectivity index (χ1v) is 7.10. The van der Waals surface area contributed by atoms with Crippen LogP contribution in [-0.2, 0) is 9.53 Å². The van der Waals surface area contributed by atoms with Gasteiger partial charge in [0.1, 0.15) is 17.4 Å². The fourth-order valence-corrected chi connectivity index (χ4v) is 2.92. The summed E-state index contributed by atoms with van der Waals surface area (Å²) in [6.45, 7) is 2.04. The molecular weight excluding hydrogens is 254 g/mol. The van der Waals surface area contributed by atoms with Crippen molar-refractivity contribution in [2.45, 2.75) is 44.2 Å². The average molecular weight is 277 g/mol. The predicted molar refractivity (Wildman–Crippen MR) is 77.9 cm³/mol. The van der Waals surface area contributed by atoms with E-state index in [1.807, 2.05) is 38.2 Å². The van der Waals surface area contributed by atoms with Gasteiger partial charge < -0.3 is 14.8 Å². The molecule has 4 nitrogen and oxygen atoms in total. The molecule has 110 valence electrons. The largest absolute Gasteiger partial charge is 0.490 e.